The molecule has 0 aromatic heterocycles. The van der Waals surface area contributed by atoms with Crippen LogP contribution in [0.25, 0.3) is 0 Å². The van der Waals surface area contributed by atoms with E-state index in [1.807, 2.05) is 0 Å². The lowest BCUT2D eigenvalue weighted by atomic mass is 10.0. The Morgan fingerprint density at radius 2 is 0.534 bits per heavy atom. The van der Waals surface area contributed by atoms with Crippen molar-refractivity contribution < 1.29 is 28.6 Å². The smallest absolute Gasteiger partial charge is 0.306 e. The Balaban J connectivity index is 4.31. The van der Waals surface area contributed by atoms with Crippen molar-refractivity contribution in [2.24, 2.45) is 0 Å². The van der Waals surface area contributed by atoms with Gasteiger partial charge in [-0.1, -0.05) is 245 Å². The van der Waals surface area contributed by atoms with Crippen LogP contribution in [0.3, 0.4) is 0 Å². The average molecular weight is 1010 g/mol. The first-order valence-corrected chi connectivity index (χ1v) is 30.0. The maximum atomic E-state index is 12.9. The zero-order chi connectivity index (χ0) is 52.9. The number of allylic oxidation sites excluding steroid dienone is 20. The molecule has 6 heteroatoms. The van der Waals surface area contributed by atoms with Gasteiger partial charge in [-0.3, -0.25) is 14.4 Å². The average Bonchev–Trinajstić information content (AvgIpc) is 3.39. The van der Waals surface area contributed by atoms with E-state index in [4.69, 9.17) is 14.2 Å². The fourth-order valence-electron chi connectivity index (χ4n) is 7.97. The number of unbranched alkanes of at least 4 members (excludes halogenated alkanes) is 22. The van der Waals surface area contributed by atoms with Gasteiger partial charge in [0.05, 0.1) is 0 Å². The van der Waals surface area contributed by atoms with Crippen molar-refractivity contribution in [3.63, 3.8) is 0 Å². The normalized spacial score (nSPS) is 13.0. The number of hydrogen-bond donors (Lipinski definition) is 0. The first kappa shape index (κ1) is 68.8. The highest BCUT2D eigenvalue weighted by atomic mass is 16.6. The summed E-state index contributed by atoms with van der Waals surface area (Å²) in [6.07, 6.45) is 83.4. The third kappa shape index (κ3) is 58.6. The molecule has 0 saturated carbocycles. The van der Waals surface area contributed by atoms with Crippen molar-refractivity contribution in [2.75, 3.05) is 13.2 Å². The van der Waals surface area contributed by atoms with Crippen LogP contribution in [0.2, 0.25) is 0 Å². The van der Waals surface area contributed by atoms with Crippen LogP contribution in [0, 0.1) is 0 Å². The highest BCUT2D eigenvalue weighted by molar-refractivity contribution is 5.71. The Kier molecular flexibility index (Phi) is 56.9. The van der Waals surface area contributed by atoms with Crippen LogP contribution in [0.4, 0.5) is 0 Å². The molecule has 0 aliphatic rings. The van der Waals surface area contributed by atoms with Gasteiger partial charge in [-0.2, -0.15) is 0 Å². The standard InChI is InChI=1S/C67H110O6/c1-4-7-10-13-16-19-22-24-26-28-29-30-31-32-33-34-35-36-37-39-40-42-45-48-51-54-57-60-66(69)72-63-64(62-71-65(68)59-56-53-50-47-44-21-18-15-12-9-6-3)73-67(70)61-58-55-52-49-46-43-41-38-27-25-23-20-17-14-11-8-5-2/h7-8,10-11,15-20,24-27,29-30,32-33,41,43,64H,4-6,9,12-14,21-23,28,31,34-40,42,44-63H2,1-3H3/b10-7-,11-8-,18-15-,19-16-,20-17-,26-24-,27-25-,30-29-,33-32-,43-41-. The fourth-order valence-corrected chi connectivity index (χ4v) is 7.97. The number of ether oxygens (including phenoxy) is 3. The summed E-state index contributed by atoms with van der Waals surface area (Å²) in [7, 11) is 0. The molecular weight excluding hydrogens is 901 g/mol. The molecule has 414 valence electrons. The SMILES string of the molecule is CC/C=C\C/C=C\C/C=C\C/C=C\C/C=C\CCCCCCCCCCCCCC(=O)OCC(COC(=O)CCCCCCC/C=C\CCCC)OC(=O)CCCCCC/C=C\C/C=C\C/C=C\C/C=C\CC. The topological polar surface area (TPSA) is 78.9 Å². The van der Waals surface area contributed by atoms with E-state index in [1.165, 1.54) is 83.5 Å². The minimum atomic E-state index is -0.798. The van der Waals surface area contributed by atoms with E-state index in [1.54, 1.807) is 0 Å². The third-order valence-electron chi connectivity index (χ3n) is 12.4. The summed E-state index contributed by atoms with van der Waals surface area (Å²) in [6.45, 7) is 6.35. The predicted molar refractivity (Wildman–Crippen MR) is 316 cm³/mol. The Labute approximate surface area is 450 Å². The lowest BCUT2D eigenvalue weighted by Crippen LogP contribution is -2.30. The summed E-state index contributed by atoms with van der Waals surface area (Å²) in [5, 5.41) is 0. The molecule has 0 saturated heterocycles. The molecule has 0 heterocycles. The molecule has 0 rings (SSSR count). The van der Waals surface area contributed by atoms with Crippen LogP contribution in [-0.4, -0.2) is 37.2 Å². The first-order valence-electron chi connectivity index (χ1n) is 30.0. The zero-order valence-corrected chi connectivity index (χ0v) is 47.4. The predicted octanol–water partition coefficient (Wildman–Crippen LogP) is 20.4. The summed E-state index contributed by atoms with van der Waals surface area (Å²) >= 11 is 0. The van der Waals surface area contributed by atoms with E-state index in [0.717, 1.165) is 141 Å². The van der Waals surface area contributed by atoms with Crippen LogP contribution in [0.1, 0.15) is 265 Å². The van der Waals surface area contributed by atoms with Gasteiger partial charge in [0.25, 0.3) is 0 Å². The van der Waals surface area contributed by atoms with Crippen LogP contribution < -0.4 is 0 Å². The molecule has 0 aliphatic carbocycles. The molecule has 1 atom stereocenters. The van der Waals surface area contributed by atoms with Crippen molar-refractivity contribution in [1.29, 1.82) is 0 Å². The zero-order valence-electron chi connectivity index (χ0n) is 47.4. The molecule has 0 N–H and O–H groups in total. The van der Waals surface area contributed by atoms with Crippen LogP contribution in [0.15, 0.2) is 122 Å². The van der Waals surface area contributed by atoms with E-state index < -0.39 is 6.10 Å². The summed E-state index contributed by atoms with van der Waals surface area (Å²) < 4.78 is 16.8. The van der Waals surface area contributed by atoms with Gasteiger partial charge < -0.3 is 14.2 Å². The van der Waals surface area contributed by atoms with Gasteiger partial charge in [-0.05, 0) is 122 Å². The summed E-state index contributed by atoms with van der Waals surface area (Å²) in [5.41, 5.74) is 0. The van der Waals surface area contributed by atoms with E-state index in [0.29, 0.717) is 19.3 Å². The molecule has 73 heavy (non-hydrogen) atoms. The molecule has 0 bridgehead atoms. The molecule has 0 amide bonds. The molecule has 0 radical (unpaired) electrons. The lowest BCUT2D eigenvalue weighted by molar-refractivity contribution is -0.167. The highest BCUT2D eigenvalue weighted by Gasteiger charge is 2.19. The number of esters is 3. The van der Waals surface area contributed by atoms with E-state index in [-0.39, 0.29) is 31.1 Å². The second-order valence-corrected chi connectivity index (χ2v) is 19.5. The van der Waals surface area contributed by atoms with E-state index >= 15 is 0 Å². The molecule has 0 aromatic rings. The first-order chi connectivity index (χ1) is 36.0. The van der Waals surface area contributed by atoms with Gasteiger partial charge >= 0.3 is 17.9 Å². The molecule has 0 spiro atoms. The second kappa shape index (κ2) is 60.4. The fraction of sp³-hybridized carbons (Fsp3) is 0.657. The van der Waals surface area contributed by atoms with Gasteiger partial charge in [-0.25, -0.2) is 0 Å². The van der Waals surface area contributed by atoms with Crippen LogP contribution >= 0.6 is 0 Å². The molecular formula is C67H110O6. The van der Waals surface area contributed by atoms with Crippen molar-refractivity contribution in [3.8, 4) is 0 Å². The summed E-state index contributed by atoms with van der Waals surface area (Å²) in [5.74, 6) is -0.931. The Morgan fingerprint density at radius 1 is 0.288 bits per heavy atom. The van der Waals surface area contributed by atoms with Crippen molar-refractivity contribution >= 4 is 17.9 Å². The number of carbonyl (C=O) groups excluding carboxylic acids is 3. The summed E-state index contributed by atoms with van der Waals surface area (Å²) in [6, 6.07) is 0. The highest BCUT2D eigenvalue weighted by Crippen LogP contribution is 2.15. The van der Waals surface area contributed by atoms with Crippen molar-refractivity contribution in [3.05, 3.63) is 122 Å². The minimum Gasteiger partial charge on any atom is -0.462 e. The number of carbonyl (C=O) groups is 3. The van der Waals surface area contributed by atoms with Crippen molar-refractivity contribution in [2.45, 2.75) is 271 Å². The molecule has 6 nitrogen and oxygen atoms in total. The monoisotopic (exact) mass is 1010 g/mol. The Hall–Kier alpha value is -4.19. The second-order valence-electron chi connectivity index (χ2n) is 19.5. The molecule has 0 aliphatic heterocycles. The molecule has 1 unspecified atom stereocenters. The summed E-state index contributed by atoms with van der Waals surface area (Å²) in [4.78, 5) is 38.2. The van der Waals surface area contributed by atoms with Crippen LogP contribution in [0.5, 0.6) is 0 Å². The van der Waals surface area contributed by atoms with Crippen molar-refractivity contribution in [1.82, 2.24) is 0 Å². The van der Waals surface area contributed by atoms with Gasteiger partial charge in [0.1, 0.15) is 13.2 Å². The minimum absolute atomic E-state index is 0.0943. The molecule has 0 aromatic carbocycles. The van der Waals surface area contributed by atoms with Gasteiger partial charge in [0.15, 0.2) is 6.10 Å². The quantitative estimate of drug-likeness (QED) is 0.0261. The maximum absolute atomic E-state index is 12.9. The van der Waals surface area contributed by atoms with Gasteiger partial charge in [0, 0.05) is 19.3 Å². The Bertz CT molecular complexity index is 1540. The number of hydrogen-bond acceptors (Lipinski definition) is 6. The van der Waals surface area contributed by atoms with Crippen LogP contribution in [-0.2, 0) is 28.6 Å². The third-order valence-corrected chi connectivity index (χ3v) is 12.4. The maximum Gasteiger partial charge on any atom is 0.306 e. The van der Waals surface area contributed by atoms with E-state index in [9.17, 15) is 14.4 Å². The van der Waals surface area contributed by atoms with Gasteiger partial charge in [0.2, 0.25) is 0 Å². The largest absolute Gasteiger partial charge is 0.462 e. The Morgan fingerprint density at radius 3 is 0.849 bits per heavy atom. The lowest BCUT2D eigenvalue weighted by Gasteiger charge is -2.18. The molecule has 0 fully saturated rings. The van der Waals surface area contributed by atoms with E-state index in [2.05, 4.69) is 142 Å². The van der Waals surface area contributed by atoms with Gasteiger partial charge in [-0.15, -0.1) is 0 Å². The number of rotatable bonds is 53.